The van der Waals surface area contributed by atoms with E-state index in [2.05, 4.69) is 9.99 Å². The Hall–Kier alpha value is -0.947. The number of carbonyl (C=O) groups excluding carboxylic acids is 1. The average molecular weight is 300 g/mol. The van der Waals surface area contributed by atoms with Crippen molar-refractivity contribution in [2.45, 2.75) is 39.2 Å². The van der Waals surface area contributed by atoms with Gasteiger partial charge in [-0.15, -0.1) is 6.07 Å². The van der Waals surface area contributed by atoms with Gasteiger partial charge in [-0.1, -0.05) is 13.3 Å². The normalized spacial score (nSPS) is 10.3. The van der Waals surface area contributed by atoms with Crippen molar-refractivity contribution in [2.24, 2.45) is 5.16 Å². The Balaban J connectivity index is 0. The van der Waals surface area contributed by atoms with Gasteiger partial charge in [0, 0.05) is 19.5 Å². The Bertz CT molecular complexity index is 259. The molecule has 0 aromatic heterocycles. The monoisotopic (exact) mass is 300 g/mol. The quantitative estimate of drug-likeness (QED) is 0.199. The molecule has 1 radical (unpaired) electrons. The van der Waals surface area contributed by atoms with Gasteiger partial charge in [0.05, 0.1) is 0 Å². The average Bonchev–Trinajstić information content (AvgIpc) is 2.03. The molecule has 0 saturated carbocycles. The van der Waals surface area contributed by atoms with E-state index in [1.165, 1.54) is 6.07 Å². The summed E-state index contributed by atoms with van der Waals surface area (Å²) in [6, 6.07) is 1.46. The molecule has 0 bridgehead atoms. The molecule has 0 aliphatic carbocycles. The minimum atomic E-state index is -0.925. The van der Waals surface area contributed by atoms with E-state index in [0.29, 0.717) is 0 Å². The van der Waals surface area contributed by atoms with Gasteiger partial charge in [0.2, 0.25) is 0 Å². The van der Waals surface area contributed by atoms with Crippen LogP contribution in [0.3, 0.4) is 0 Å². The van der Waals surface area contributed by atoms with Crippen molar-refractivity contribution >= 4 is 12.4 Å². The van der Waals surface area contributed by atoms with E-state index in [0.717, 1.165) is 12.8 Å². The standard InChI is InChI=1S/C9H13N2O3.Rh/c1-4-5-9(2,3)13-8(12)14-11-7-6-10;/h4-5H2,1-3H3;/q-1;. The Kier molecular flexibility index (Phi) is 9.20. The summed E-state index contributed by atoms with van der Waals surface area (Å²) in [5, 5.41) is 11.0. The smallest absolute Gasteiger partial charge is 0.427 e. The van der Waals surface area contributed by atoms with Gasteiger partial charge in [0.15, 0.2) is 0 Å². The summed E-state index contributed by atoms with van der Waals surface area (Å²) in [7, 11) is 0. The largest absolute Gasteiger partial charge is 0.532 e. The molecule has 0 aromatic rings. The molecule has 0 spiro atoms. The minimum Gasteiger partial charge on any atom is -0.427 e. The van der Waals surface area contributed by atoms with Crippen LogP contribution in [0.5, 0.6) is 0 Å². The molecule has 0 aromatic carbocycles. The van der Waals surface area contributed by atoms with Crippen LogP contribution in [0.2, 0.25) is 0 Å². The Labute approximate surface area is 102 Å². The number of nitriles is 1. The molecule has 87 valence electrons. The Morgan fingerprint density at radius 3 is 2.67 bits per heavy atom. The molecule has 5 nitrogen and oxygen atoms in total. The fraction of sp³-hybridized carbons (Fsp3) is 0.667. The third-order valence-electron chi connectivity index (χ3n) is 1.43. The molecular weight excluding hydrogens is 287 g/mol. The molecule has 6 heteroatoms. The topological polar surface area (TPSA) is 71.7 Å². The van der Waals surface area contributed by atoms with Crippen molar-refractivity contribution in [2.75, 3.05) is 0 Å². The number of ether oxygens (including phenoxy) is 1. The SMILES string of the molecule is CCCC(C)(C)OC(=O)ON=[C-]C#N.[Rh]. The number of rotatable bonds is 4. The van der Waals surface area contributed by atoms with Gasteiger partial charge >= 0.3 is 6.16 Å². The molecule has 0 fully saturated rings. The first-order chi connectivity index (χ1) is 6.52. The van der Waals surface area contributed by atoms with Gasteiger partial charge in [0.25, 0.3) is 0 Å². The summed E-state index contributed by atoms with van der Waals surface area (Å²) in [5.74, 6) is 0. The van der Waals surface area contributed by atoms with Gasteiger partial charge in [-0.3, -0.25) is 5.16 Å². The Morgan fingerprint density at radius 1 is 1.60 bits per heavy atom. The van der Waals surface area contributed by atoms with Gasteiger partial charge in [-0.05, 0) is 20.3 Å². The van der Waals surface area contributed by atoms with E-state index in [4.69, 9.17) is 10.00 Å². The van der Waals surface area contributed by atoms with Crippen molar-refractivity contribution in [1.29, 1.82) is 5.26 Å². The van der Waals surface area contributed by atoms with E-state index in [1.807, 2.05) is 6.92 Å². The number of carbonyl (C=O) groups is 1. The van der Waals surface area contributed by atoms with E-state index < -0.39 is 11.8 Å². The predicted octanol–water partition coefficient (Wildman–Crippen LogP) is 2.10. The van der Waals surface area contributed by atoms with Crippen LogP contribution >= 0.6 is 0 Å². The van der Waals surface area contributed by atoms with Crippen LogP contribution in [0.25, 0.3) is 0 Å². The molecule has 0 amide bonds. The van der Waals surface area contributed by atoms with E-state index in [9.17, 15) is 4.79 Å². The van der Waals surface area contributed by atoms with Gasteiger partial charge < -0.3 is 9.57 Å². The second-order valence-corrected chi connectivity index (χ2v) is 3.27. The summed E-state index contributed by atoms with van der Waals surface area (Å²) < 4.78 is 4.92. The molecule has 15 heavy (non-hydrogen) atoms. The van der Waals surface area contributed by atoms with Crippen LogP contribution in [-0.4, -0.2) is 18.0 Å². The molecule has 0 unspecified atom stereocenters. The maximum atomic E-state index is 10.9. The summed E-state index contributed by atoms with van der Waals surface area (Å²) in [4.78, 5) is 15.1. The molecule has 0 N–H and O–H groups in total. The minimum absolute atomic E-state index is 0. The summed E-state index contributed by atoms with van der Waals surface area (Å²) in [5.41, 5.74) is -0.575. The van der Waals surface area contributed by atoms with Crippen molar-refractivity contribution in [3.8, 4) is 6.07 Å². The number of hydrogen-bond donors (Lipinski definition) is 0. The van der Waals surface area contributed by atoms with Crippen LogP contribution in [0.15, 0.2) is 5.16 Å². The second-order valence-electron chi connectivity index (χ2n) is 3.27. The number of nitrogens with zero attached hydrogens (tertiary/aromatic N) is 2. The second kappa shape index (κ2) is 8.37. The maximum Gasteiger partial charge on any atom is 0.532 e. The zero-order chi connectivity index (χ0) is 11.0. The van der Waals surface area contributed by atoms with Crippen LogP contribution < -0.4 is 0 Å². The van der Waals surface area contributed by atoms with E-state index in [-0.39, 0.29) is 19.5 Å². The van der Waals surface area contributed by atoms with Crippen LogP contribution in [0.1, 0.15) is 33.6 Å². The molecule has 0 rings (SSSR count). The van der Waals surface area contributed by atoms with Crippen LogP contribution in [0, 0.1) is 11.3 Å². The summed E-state index contributed by atoms with van der Waals surface area (Å²) in [6.07, 6.45) is 2.51. The maximum absolute atomic E-state index is 10.9. The fourth-order valence-electron chi connectivity index (χ4n) is 0.978. The van der Waals surface area contributed by atoms with Crippen LogP contribution in [0.4, 0.5) is 4.79 Å². The first-order valence-electron chi connectivity index (χ1n) is 4.26. The molecule has 0 saturated heterocycles. The third-order valence-corrected chi connectivity index (χ3v) is 1.43. The number of hydrogen-bond acceptors (Lipinski definition) is 5. The molecule has 0 heterocycles. The van der Waals surface area contributed by atoms with Gasteiger partial charge in [0.1, 0.15) is 5.60 Å². The van der Waals surface area contributed by atoms with Crippen molar-refractivity contribution in [1.82, 2.24) is 0 Å². The van der Waals surface area contributed by atoms with Crippen molar-refractivity contribution in [3.63, 3.8) is 0 Å². The first-order valence-corrected chi connectivity index (χ1v) is 4.26. The van der Waals surface area contributed by atoms with Crippen LogP contribution in [-0.2, 0) is 29.1 Å². The Morgan fingerprint density at radius 2 is 2.20 bits per heavy atom. The summed E-state index contributed by atoms with van der Waals surface area (Å²) >= 11 is 0. The fourth-order valence-corrected chi connectivity index (χ4v) is 0.978. The van der Waals surface area contributed by atoms with E-state index in [1.54, 1.807) is 20.1 Å². The molecule has 0 aliphatic rings. The first kappa shape index (κ1) is 16.5. The molecular formula is C9H13N2O3Rh-. The van der Waals surface area contributed by atoms with Gasteiger partial charge in [-0.2, -0.15) is 0 Å². The predicted molar refractivity (Wildman–Crippen MR) is 49.6 cm³/mol. The molecule has 0 atom stereocenters. The zero-order valence-corrected chi connectivity index (χ0v) is 10.5. The zero-order valence-electron chi connectivity index (χ0n) is 8.87. The molecule has 0 aliphatic heterocycles. The third kappa shape index (κ3) is 9.36. The van der Waals surface area contributed by atoms with Crippen molar-refractivity contribution < 1.29 is 33.8 Å². The van der Waals surface area contributed by atoms with E-state index >= 15 is 0 Å². The summed E-state index contributed by atoms with van der Waals surface area (Å²) in [6.45, 7) is 5.53. The van der Waals surface area contributed by atoms with Gasteiger partial charge in [-0.25, -0.2) is 16.3 Å². The van der Waals surface area contributed by atoms with Crippen molar-refractivity contribution in [3.05, 3.63) is 0 Å².